The highest BCUT2D eigenvalue weighted by atomic mass is 19.1. The second kappa shape index (κ2) is 7.44. The highest BCUT2D eigenvalue weighted by molar-refractivity contribution is 5.21. The Kier molecular flexibility index (Phi) is 6.20. The lowest BCUT2D eigenvalue weighted by molar-refractivity contribution is 0.478. The van der Waals surface area contributed by atoms with Crippen molar-refractivity contribution in [3.8, 4) is 0 Å². The van der Waals surface area contributed by atoms with Crippen LogP contribution in [0.5, 0.6) is 0 Å². The first-order chi connectivity index (χ1) is 8.13. The molecule has 0 amide bonds. The summed E-state index contributed by atoms with van der Waals surface area (Å²) in [6.45, 7) is 8.47. The van der Waals surface area contributed by atoms with Crippen molar-refractivity contribution in [2.75, 3.05) is 13.1 Å². The minimum Gasteiger partial charge on any atom is -0.316 e. The van der Waals surface area contributed by atoms with Crippen LogP contribution in [0.1, 0.15) is 45.1 Å². The van der Waals surface area contributed by atoms with Crippen molar-refractivity contribution >= 4 is 0 Å². The minimum absolute atomic E-state index is 0.131. The Balaban J connectivity index is 2.67. The summed E-state index contributed by atoms with van der Waals surface area (Å²) in [5, 5.41) is 3.37. The molecule has 1 atom stereocenters. The first kappa shape index (κ1) is 14.2. The van der Waals surface area contributed by atoms with Crippen molar-refractivity contribution in [1.82, 2.24) is 5.32 Å². The van der Waals surface area contributed by atoms with Gasteiger partial charge in [0.25, 0.3) is 0 Å². The Hall–Kier alpha value is -0.890. The lowest BCUT2D eigenvalue weighted by Crippen LogP contribution is -2.21. The van der Waals surface area contributed by atoms with E-state index < -0.39 is 0 Å². The van der Waals surface area contributed by atoms with E-state index in [4.69, 9.17) is 0 Å². The van der Waals surface area contributed by atoms with E-state index in [0.29, 0.717) is 11.8 Å². The van der Waals surface area contributed by atoms with Crippen LogP contribution in [0.25, 0.3) is 0 Å². The number of halogens is 1. The lowest BCUT2D eigenvalue weighted by Gasteiger charge is -2.19. The molecule has 0 saturated heterocycles. The Morgan fingerprint density at radius 3 is 2.59 bits per heavy atom. The fraction of sp³-hybridized carbons (Fsp3) is 0.600. The quantitative estimate of drug-likeness (QED) is 0.757. The van der Waals surface area contributed by atoms with Crippen molar-refractivity contribution in [3.63, 3.8) is 0 Å². The Morgan fingerprint density at radius 2 is 2.00 bits per heavy atom. The highest BCUT2D eigenvalue weighted by Gasteiger charge is 2.12. The van der Waals surface area contributed by atoms with Crippen LogP contribution in [-0.2, 0) is 0 Å². The summed E-state index contributed by atoms with van der Waals surface area (Å²) in [4.78, 5) is 0. The molecule has 0 fully saturated rings. The van der Waals surface area contributed by atoms with Crippen molar-refractivity contribution in [2.45, 2.75) is 39.5 Å². The van der Waals surface area contributed by atoms with Gasteiger partial charge in [0.1, 0.15) is 5.82 Å². The van der Waals surface area contributed by atoms with Gasteiger partial charge in [-0.15, -0.1) is 0 Å². The molecule has 0 aliphatic heterocycles. The van der Waals surface area contributed by atoms with Crippen molar-refractivity contribution in [1.29, 1.82) is 0 Å². The Morgan fingerprint density at radius 1 is 1.24 bits per heavy atom. The molecule has 0 radical (unpaired) electrons. The van der Waals surface area contributed by atoms with Crippen LogP contribution in [-0.4, -0.2) is 13.1 Å². The summed E-state index contributed by atoms with van der Waals surface area (Å²) in [6.07, 6.45) is 2.31. The molecular formula is C15H24FN. The lowest BCUT2D eigenvalue weighted by atomic mass is 9.91. The molecule has 1 aromatic carbocycles. The fourth-order valence-electron chi connectivity index (χ4n) is 2.00. The van der Waals surface area contributed by atoms with E-state index in [1.807, 2.05) is 6.07 Å². The van der Waals surface area contributed by atoms with Crippen LogP contribution >= 0.6 is 0 Å². The average Bonchev–Trinajstić information content (AvgIpc) is 2.29. The number of hydrogen-bond acceptors (Lipinski definition) is 1. The first-order valence-corrected chi connectivity index (χ1v) is 6.59. The standard InChI is InChI=1S/C15H24FN/c1-4-17-11-14(9-8-12(2)3)13-6-5-7-15(16)10-13/h5-7,10,12,14,17H,4,8-9,11H2,1-3H3. The zero-order chi connectivity index (χ0) is 12.7. The van der Waals surface area contributed by atoms with E-state index in [1.54, 1.807) is 12.1 Å². The van der Waals surface area contributed by atoms with Gasteiger partial charge >= 0.3 is 0 Å². The Labute approximate surface area is 104 Å². The third kappa shape index (κ3) is 5.31. The van der Waals surface area contributed by atoms with Crippen LogP contribution in [0.2, 0.25) is 0 Å². The van der Waals surface area contributed by atoms with E-state index in [9.17, 15) is 4.39 Å². The minimum atomic E-state index is -0.131. The van der Waals surface area contributed by atoms with E-state index in [1.165, 1.54) is 12.5 Å². The van der Waals surface area contributed by atoms with Gasteiger partial charge in [-0.2, -0.15) is 0 Å². The maximum Gasteiger partial charge on any atom is 0.123 e. The normalized spacial score (nSPS) is 13.0. The molecule has 17 heavy (non-hydrogen) atoms. The van der Waals surface area contributed by atoms with Crippen LogP contribution < -0.4 is 5.32 Å². The van der Waals surface area contributed by atoms with Crippen LogP contribution in [0.4, 0.5) is 4.39 Å². The summed E-state index contributed by atoms with van der Waals surface area (Å²) >= 11 is 0. The molecular weight excluding hydrogens is 213 g/mol. The zero-order valence-electron chi connectivity index (χ0n) is 11.2. The molecule has 0 saturated carbocycles. The largest absolute Gasteiger partial charge is 0.316 e. The van der Waals surface area contributed by atoms with Crippen LogP contribution in [0, 0.1) is 11.7 Å². The molecule has 0 heterocycles. The molecule has 1 N–H and O–H groups in total. The van der Waals surface area contributed by atoms with Gasteiger partial charge in [0.2, 0.25) is 0 Å². The summed E-state index contributed by atoms with van der Waals surface area (Å²) in [5.74, 6) is 0.995. The summed E-state index contributed by atoms with van der Waals surface area (Å²) in [5.41, 5.74) is 1.12. The monoisotopic (exact) mass is 237 g/mol. The van der Waals surface area contributed by atoms with E-state index in [-0.39, 0.29) is 5.82 Å². The van der Waals surface area contributed by atoms with Crippen molar-refractivity contribution in [2.24, 2.45) is 5.92 Å². The Bertz CT molecular complexity index is 322. The van der Waals surface area contributed by atoms with E-state index in [2.05, 4.69) is 26.1 Å². The number of hydrogen-bond donors (Lipinski definition) is 1. The van der Waals surface area contributed by atoms with Gasteiger partial charge in [0.05, 0.1) is 0 Å². The molecule has 0 aromatic heterocycles. The fourth-order valence-corrected chi connectivity index (χ4v) is 2.00. The molecule has 0 bridgehead atoms. The second-order valence-corrected chi connectivity index (χ2v) is 5.03. The molecule has 0 aliphatic rings. The van der Waals surface area contributed by atoms with Gasteiger partial charge in [0, 0.05) is 6.54 Å². The first-order valence-electron chi connectivity index (χ1n) is 6.59. The molecule has 1 rings (SSSR count). The van der Waals surface area contributed by atoms with Gasteiger partial charge in [-0.1, -0.05) is 39.3 Å². The highest BCUT2D eigenvalue weighted by Crippen LogP contribution is 2.23. The predicted molar refractivity (Wildman–Crippen MR) is 71.8 cm³/mol. The molecule has 0 aliphatic carbocycles. The second-order valence-electron chi connectivity index (χ2n) is 5.03. The average molecular weight is 237 g/mol. The van der Waals surface area contributed by atoms with Gasteiger partial charge in [-0.25, -0.2) is 4.39 Å². The van der Waals surface area contributed by atoms with Crippen molar-refractivity contribution in [3.05, 3.63) is 35.6 Å². The summed E-state index contributed by atoms with van der Waals surface area (Å²) < 4.78 is 13.2. The molecule has 0 spiro atoms. The third-order valence-electron chi connectivity index (χ3n) is 3.05. The third-order valence-corrected chi connectivity index (χ3v) is 3.05. The van der Waals surface area contributed by atoms with E-state index in [0.717, 1.165) is 25.1 Å². The molecule has 2 heteroatoms. The maximum absolute atomic E-state index is 13.2. The molecule has 96 valence electrons. The molecule has 1 nitrogen and oxygen atoms in total. The number of benzene rings is 1. The zero-order valence-corrected chi connectivity index (χ0v) is 11.2. The van der Waals surface area contributed by atoms with Crippen LogP contribution in [0.3, 0.4) is 0 Å². The van der Waals surface area contributed by atoms with Gasteiger partial charge in [0.15, 0.2) is 0 Å². The van der Waals surface area contributed by atoms with Crippen LogP contribution in [0.15, 0.2) is 24.3 Å². The van der Waals surface area contributed by atoms with Crippen molar-refractivity contribution < 1.29 is 4.39 Å². The van der Waals surface area contributed by atoms with Gasteiger partial charge in [-0.3, -0.25) is 0 Å². The summed E-state index contributed by atoms with van der Waals surface area (Å²) in [7, 11) is 0. The molecule has 1 unspecified atom stereocenters. The smallest absolute Gasteiger partial charge is 0.123 e. The SMILES string of the molecule is CCNCC(CCC(C)C)c1cccc(F)c1. The van der Waals surface area contributed by atoms with Gasteiger partial charge in [-0.05, 0) is 42.5 Å². The maximum atomic E-state index is 13.2. The number of rotatable bonds is 7. The number of likely N-dealkylation sites (N-methyl/N-ethyl adjacent to an activating group) is 1. The predicted octanol–water partition coefficient (Wildman–Crippen LogP) is 3.96. The topological polar surface area (TPSA) is 12.0 Å². The van der Waals surface area contributed by atoms with E-state index >= 15 is 0 Å². The number of nitrogens with one attached hydrogen (secondary N) is 1. The van der Waals surface area contributed by atoms with Gasteiger partial charge < -0.3 is 5.32 Å². The summed E-state index contributed by atoms with van der Waals surface area (Å²) in [6, 6.07) is 7.02. The molecule has 1 aromatic rings.